The lowest BCUT2D eigenvalue weighted by Crippen LogP contribution is -2.31. The van der Waals surface area contributed by atoms with E-state index in [0.29, 0.717) is 5.92 Å². The second-order valence-corrected chi connectivity index (χ2v) is 10.4. The number of hydrogen-bond donors (Lipinski definition) is 0. The maximum atomic E-state index is 12.7. The van der Waals surface area contributed by atoms with Crippen LogP contribution in [-0.4, -0.2) is 11.6 Å². The van der Waals surface area contributed by atoms with Crippen LogP contribution in [0.5, 0.6) is 0 Å². The van der Waals surface area contributed by atoms with Crippen molar-refractivity contribution in [2.75, 3.05) is 0 Å². The first-order chi connectivity index (χ1) is 13.7. The lowest BCUT2D eigenvalue weighted by Gasteiger charge is -2.37. The van der Waals surface area contributed by atoms with Crippen LogP contribution in [0, 0.1) is 35.5 Å². The van der Waals surface area contributed by atoms with Gasteiger partial charge in [0.2, 0.25) is 0 Å². The van der Waals surface area contributed by atoms with Crippen molar-refractivity contribution in [3.63, 3.8) is 0 Å². The summed E-state index contributed by atoms with van der Waals surface area (Å²) < 4.78 is 5.99. The highest BCUT2D eigenvalue weighted by Gasteiger charge is 2.60. The number of carbonyl (C=O) groups is 1. The predicted molar refractivity (Wildman–Crippen MR) is 110 cm³/mol. The first-order valence-corrected chi connectivity index (χ1v) is 11.7. The van der Waals surface area contributed by atoms with Gasteiger partial charge in [-0.15, -0.1) is 0 Å². The van der Waals surface area contributed by atoms with Crippen molar-refractivity contribution >= 4 is 5.97 Å². The Hall–Kier alpha value is -1.57. The molecule has 5 aliphatic carbocycles. The summed E-state index contributed by atoms with van der Waals surface area (Å²) in [5, 5.41) is 0. The number of esters is 1. The first kappa shape index (κ1) is 17.3. The Labute approximate surface area is 168 Å². The molecular formula is C26H32O2. The van der Waals surface area contributed by atoms with Crippen LogP contribution >= 0.6 is 0 Å². The number of benzene rings is 1. The Morgan fingerprint density at radius 1 is 1.00 bits per heavy atom. The Morgan fingerprint density at radius 2 is 1.71 bits per heavy atom. The van der Waals surface area contributed by atoms with Crippen molar-refractivity contribution in [3.05, 3.63) is 47.5 Å². The molecule has 28 heavy (non-hydrogen) atoms. The SMILES string of the molecule is CCC1(OC(=O)c2ccc(C3CC4CC3C3C5C=CC(C5)C43)cc2)CCCC1. The van der Waals surface area contributed by atoms with Crippen molar-refractivity contribution in [2.45, 2.75) is 69.8 Å². The average molecular weight is 377 g/mol. The smallest absolute Gasteiger partial charge is 0.338 e. The van der Waals surface area contributed by atoms with E-state index in [0.717, 1.165) is 60.3 Å². The Morgan fingerprint density at radius 3 is 2.43 bits per heavy atom. The van der Waals surface area contributed by atoms with Gasteiger partial charge < -0.3 is 4.74 Å². The summed E-state index contributed by atoms with van der Waals surface area (Å²) in [6, 6.07) is 8.51. The van der Waals surface area contributed by atoms with E-state index in [2.05, 4.69) is 31.2 Å². The van der Waals surface area contributed by atoms with Crippen LogP contribution in [0.15, 0.2) is 36.4 Å². The number of hydrogen-bond acceptors (Lipinski definition) is 2. The third kappa shape index (κ3) is 2.42. The van der Waals surface area contributed by atoms with E-state index in [1.807, 2.05) is 12.1 Å². The van der Waals surface area contributed by atoms with Crippen LogP contribution in [0.3, 0.4) is 0 Å². The van der Waals surface area contributed by atoms with Gasteiger partial charge in [-0.3, -0.25) is 0 Å². The molecule has 1 aromatic carbocycles. The van der Waals surface area contributed by atoms with Gasteiger partial charge in [-0.2, -0.15) is 0 Å². The largest absolute Gasteiger partial charge is 0.455 e. The fourth-order valence-corrected chi connectivity index (χ4v) is 8.07. The molecular weight excluding hydrogens is 344 g/mol. The third-order valence-electron chi connectivity index (χ3n) is 9.31. The molecule has 0 amide bonds. The molecule has 148 valence electrons. The second kappa shape index (κ2) is 6.21. The molecule has 0 radical (unpaired) electrons. The van der Waals surface area contributed by atoms with Crippen molar-refractivity contribution < 1.29 is 9.53 Å². The van der Waals surface area contributed by atoms with Gasteiger partial charge in [0.05, 0.1) is 5.56 Å². The summed E-state index contributed by atoms with van der Waals surface area (Å²) in [6.45, 7) is 2.15. The van der Waals surface area contributed by atoms with Crippen LogP contribution < -0.4 is 0 Å². The monoisotopic (exact) mass is 376 g/mol. The zero-order valence-corrected chi connectivity index (χ0v) is 17.0. The van der Waals surface area contributed by atoms with Gasteiger partial charge in [-0.1, -0.05) is 31.2 Å². The quantitative estimate of drug-likeness (QED) is 0.359. The highest BCUT2D eigenvalue weighted by molar-refractivity contribution is 5.89. The maximum Gasteiger partial charge on any atom is 0.338 e. The molecule has 0 N–H and O–H groups in total. The molecule has 4 fully saturated rings. The van der Waals surface area contributed by atoms with E-state index in [9.17, 15) is 4.79 Å². The molecule has 0 aromatic heterocycles. The van der Waals surface area contributed by atoms with Crippen molar-refractivity contribution in [1.29, 1.82) is 0 Å². The van der Waals surface area contributed by atoms with Crippen molar-refractivity contribution in [3.8, 4) is 0 Å². The molecule has 0 saturated heterocycles. The molecule has 7 unspecified atom stereocenters. The molecule has 0 spiro atoms. The van der Waals surface area contributed by atoms with E-state index in [1.165, 1.54) is 37.7 Å². The lowest BCUT2D eigenvalue weighted by molar-refractivity contribution is -0.0172. The number of ether oxygens (including phenoxy) is 1. The summed E-state index contributed by atoms with van der Waals surface area (Å²) in [7, 11) is 0. The zero-order valence-electron chi connectivity index (χ0n) is 17.0. The fraction of sp³-hybridized carbons (Fsp3) is 0.654. The molecule has 0 aliphatic heterocycles. The first-order valence-electron chi connectivity index (χ1n) is 11.7. The van der Waals surface area contributed by atoms with E-state index >= 15 is 0 Å². The van der Waals surface area contributed by atoms with Crippen molar-refractivity contribution in [1.82, 2.24) is 0 Å². The highest BCUT2D eigenvalue weighted by Crippen LogP contribution is 2.68. The predicted octanol–water partition coefficient (Wildman–Crippen LogP) is 6.13. The van der Waals surface area contributed by atoms with Crippen LogP contribution in [0.25, 0.3) is 0 Å². The van der Waals surface area contributed by atoms with Gasteiger partial charge in [-0.25, -0.2) is 4.79 Å². The molecule has 4 bridgehead atoms. The Kier molecular flexibility index (Phi) is 3.84. The topological polar surface area (TPSA) is 26.3 Å². The van der Waals surface area contributed by atoms with E-state index in [4.69, 9.17) is 4.74 Å². The summed E-state index contributed by atoms with van der Waals surface area (Å²) in [5.41, 5.74) is 1.98. The third-order valence-corrected chi connectivity index (χ3v) is 9.31. The van der Waals surface area contributed by atoms with E-state index in [1.54, 1.807) is 0 Å². The van der Waals surface area contributed by atoms with Crippen LogP contribution in [0.2, 0.25) is 0 Å². The molecule has 0 heterocycles. The molecule has 2 nitrogen and oxygen atoms in total. The summed E-state index contributed by atoms with van der Waals surface area (Å²) >= 11 is 0. The summed E-state index contributed by atoms with van der Waals surface area (Å²) in [6.07, 6.45) is 14.6. The van der Waals surface area contributed by atoms with Crippen LogP contribution in [0.1, 0.15) is 80.1 Å². The maximum absolute atomic E-state index is 12.7. The van der Waals surface area contributed by atoms with Gasteiger partial charge in [0, 0.05) is 0 Å². The summed E-state index contributed by atoms with van der Waals surface area (Å²) in [5.74, 6) is 6.08. The minimum Gasteiger partial charge on any atom is -0.455 e. The minimum absolute atomic E-state index is 0.124. The standard InChI is InChI=1S/C26H32O2/c1-2-26(11-3-4-12-26)28-25(27)17-7-5-16(6-8-17)21-14-20-15-22(21)24-19-10-9-18(13-19)23(20)24/h5-10,18-24H,2-4,11-15H2,1H3. The van der Waals surface area contributed by atoms with Crippen molar-refractivity contribution in [2.24, 2.45) is 35.5 Å². The molecule has 7 atom stereocenters. The highest BCUT2D eigenvalue weighted by atomic mass is 16.6. The fourth-order valence-electron chi connectivity index (χ4n) is 8.07. The normalized spacial score (nSPS) is 41.5. The number of fused-ring (bicyclic) bond motifs is 9. The average Bonchev–Trinajstić information content (AvgIpc) is 3.53. The second-order valence-electron chi connectivity index (χ2n) is 10.4. The van der Waals surface area contributed by atoms with Crippen LogP contribution in [0.4, 0.5) is 0 Å². The number of carbonyl (C=O) groups excluding carboxylic acids is 1. The van der Waals surface area contributed by atoms with Gasteiger partial charge in [0.25, 0.3) is 0 Å². The number of allylic oxidation sites excluding steroid dienone is 2. The molecule has 5 aliphatic rings. The zero-order chi connectivity index (χ0) is 18.9. The minimum atomic E-state index is -0.204. The van der Waals surface area contributed by atoms with Gasteiger partial charge in [-0.05, 0) is 110 Å². The van der Waals surface area contributed by atoms with Crippen LogP contribution in [-0.2, 0) is 4.74 Å². The lowest BCUT2D eigenvalue weighted by atomic mass is 9.68. The Bertz CT molecular complexity index is 800. The molecule has 2 heteroatoms. The summed E-state index contributed by atoms with van der Waals surface area (Å²) in [4.78, 5) is 12.7. The van der Waals surface area contributed by atoms with E-state index < -0.39 is 0 Å². The Balaban J connectivity index is 1.18. The van der Waals surface area contributed by atoms with E-state index in [-0.39, 0.29) is 11.6 Å². The number of rotatable bonds is 4. The van der Waals surface area contributed by atoms with Gasteiger partial charge in [0.1, 0.15) is 5.60 Å². The molecule has 6 rings (SSSR count). The molecule has 1 aromatic rings. The van der Waals surface area contributed by atoms with Gasteiger partial charge in [0.15, 0.2) is 0 Å². The van der Waals surface area contributed by atoms with Gasteiger partial charge >= 0.3 is 5.97 Å². The molecule has 4 saturated carbocycles.